The minimum Gasteiger partial charge on any atom is -0.508 e. The summed E-state index contributed by atoms with van der Waals surface area (Å²) in [6.45, 7) is 2.80. The van der Waals surface area contributed by atoms with Crippen molar-refractivity contribution in [1.29, 1.82) is 0 Å². The fourth-order valence-corrected chi connectivity index (χ4v) is 1.64. The second kappa shape index (κ2) is 2.79. The summed E-state index contributed by atoms with van der Waals surface area (Å²) in [7, 11) is 0. The molecular formula is C10H12O2. The first-order valence-corrected chi connectivity index (χ1v) is 4.21. The lowest BCUT2D eigenvalue weighted by molar-refractivity contribution is 0.0554. The average Bonchev–Trinajstić information content (AvgIpc) is 2.04. The Morgan fingerprint density at radius 2 is 2.33 bits per heavy atom. The van der Waals surface area contributed by atoms with E-state index < -0.39 is 0 Å². The fourth-order valence-electron chi connectivity index (χ4n) is 1.64. The van der Waals surface area contributed by atoms with Crippen LogP contribution < -0.4 is 0 Å². The molecule has 1 heterocycles. The Labute approximate surface area is 71.8 Å². The largest absolute Gasteiger partial charge is 0.508 e. The predicted octanol–water partition coefficient (Wildman–Crippen LogP) is 2.03. The molecule has 0 bridgehead atoms. The van der Waals surface area contributed by atoms with Crippen molar-refractivity contribution in [3.63, 3.8) is 0 Å². The number of rotatable bonds is 0. The zero-order valence-corrected chi connectivity index (χ0v) is 7.08. The normalized spacial score (nSPS) is 21.9. The van der Waals surface area contributed by atoms with Gasteiger partial charge in [-0.25, -0.2) is 0 Å². The SMILES string of the molecule is CC1OCCc2cc(O)ccc21. The van der Waals surface area contributed by atoms with Crippen molar-refractivity contribution in [2.45, 2.75) is 19.4 Å². The van der Waals surface area contributed by atoms with E-state index in [0.29, 0.717) is 5.75 Å². The maximum absolute atomic E-state index is 9.23. The highest BCUT2D eigenvalue weighted by Gasteiger charge is 2.16. The summed E-state index contributed by atoms with van der Waals surface area (Å²) in [5.41, 5.74) is 2.42. The first-order valence-electron chi connectivity index (χ1n) is 4.21. The number of ether oxygens (including phenoxy) is 1. The summed E-state index contributed by atoms with van der Waals surface area (Å²) in [5, 5.41) is 9.23. The molecule has 0 fully saturated rings. The molecule has 1 aromatic rings. The van der Waals surface area contributed by atoms with E-state index in [0.717, 1.165) is 13.0 Å². The smallest absolute Gasteiger partial charge is 0.115 e. The lowest BCUT2D eigenvalue weighted by Crippen LogP contribution is -2.13. The third kappa shape index (κ3) is 1.18. The van der Waals surface area contributed by atoms with Crippen LogP contribution in [0.1, 0.15) is 24.2 Å². The Morgan fingerprint density at radius 3 is 3.17 bits per heavy atom. The molecule has 2 nitrogen and oxygen atoms in total. The van der Waals surface area contributed by atoms with Gasteiger partial charge in [0.15, 0.2) is 0 Å². The first kappa shape index (κ1) is 7.62. The number of phenolic OH excluding ortho intramolecular Hbond substituents is 1. The van der Waals surface area contributed by atoms with Gasteiger partial charge in [-0.2, -0.15) is 0 Å². The van der Waals surface area contributed by atoms with Crippen LogP contribution in [0.4, 0.5) is 0 Å². The van der Waals surface area contributed by atoms with Gasteiger partial charge >= 0.3 is 0 Å². The van der Waals surface area contributed by atoms with E-state index in [1.54, 1.807) is 6.07 Å². The lowest BCUT2D eigenvalue weighted by atomic mass is 9.98. The van der Waals surface area contributed by atoms with E-state index in [1.165, 1.54) is 11.1 Å². The number of fused-ring (bicyclic) bond motifs is 1. The third-order valence-corrected chi connectivity index (χ3v) is 2.30. The number of hydrogen-bond donors (Lipinski definition) is 1. The average molecular weight is 164 g/mol. The molecule has 1 aliphatic heterocycles. The monoisotopic (exact) mass is 164 g/mol. The summed E-state index contributed by atoms with van der Waals surface area (Å²) in [4.78, 5) is 0. The van der Waals surface area contributed by atoms with Crippen molar-refractivity contribution in [3.05, 3.63) is 29.3 Å². The molecule has 2 rings (SSSR count). The van der Waals surface area contributed by atoms with Crippen LogP contribution in [-0.2, 0) is 11.2 Å². The van der Waals surface area contributed by atoms with Crippen LogP contribution in [0.2, 0.25) is 0 Å². The van der Waals surface area contributed by atoms with Crippen LogP contribution in [0.15, 0.2) is 18.2 Å². The van der Waals surface area contributed by atoms with Crippen LogP contribution in [0.5, 0.6) is 5.75 Å². The van der Waals surface area contributed by atoms with E-state index >= 15 is 0 Å². The molecule has 1 unspecified atom stereocenters. The van der Waals surface area contributed by atoms with Crippen molar-refractivity contribution in [2.24, 2.45) is 0 Å². The number of phenols is 1. The Bertz CT molecular complexity index is 294. The summed E-state index contributed by atoms with van der Waals surface area (Å²) in [6.07, 6.45) is 1.09. The number of aromatic hydroxyl groups is 1. The summed E-state index contributed by atoms with van der Waals surface area (Å²) >= 11 is 0. The van der Waals surface area contributed by atoms with Gasteiger partial charge in [-0.05, 0) is 36.6 Å². The van der Waals surface area contributed by atoms with Crippen molar-refractivity contribution >= 4 is 0 Å². The van der Waals surface area contributed by atoms with E-state index in [9.17, 15) is 5.11 Å². The zero-order chi connectivity index (χ0) is 8.55. The standard InChI is InChI=1S/C10H12O2/c1-7-10-3-2-9(11)6-8(10)4-5-12-7/h2-3,6-7,11H,4-5H2,1H3. The quantitative estimate of drug-likeness (QED) is 0.635. The number of benzene rings is 1. The molecule has 0 radical (unpaired) electrons. The van der Waals surface area contributed by atoms with Crippen molar-refractivity contribution < 1.29 is 9.84 Å². The van der Waals surface area contributed by atoms with Gasteiger partial charge in [-0.1, -0.05) is 6.07 Å². The van der Waals surface area contributed by atoms with Crippen LogP contribution in [-0.4, -0.2) is 11.7 Å². The van der Waals surface area contributed by atoms with E-state index in [4.69, 9.17) is 4.74 Å². The second-order valence-corrected chi connectivity index (χ2v) is 3.15. The lowest BCUT2D eigenvalue weighted by Gasteiger charge is -2.22. The molecule has 12 heavy (non-hydrogen) atoms. The highest BCUT2D eigenvalue weighted by Crippen LogP contribution is 2.28. The first-order chi connectivity index (χ1) is 5.77. The van der Waals surface area contributed by atoms with E-state index in [-0.39, 0.29) is 6.10 Å². The maximum atomic E-state index is 9.23. The molecule has 0 aromatic heterocycles. The molecule has 1 aromatic carbocycles. The van der Waals surface area contributed by atoms with Crippen LogP contribution in [0, 0.1) is 0 Å². The number of hydrogen-bond acceptors (Lipinski definition) is 2. The Balaban J connectivity index is 2.46. The Morgan fingerprint density at radius 1 is 1.50 bits per heavy atom. The molecule has 0 spiro atoms. The topological polar surface area (TPSA) is 29.5 Å². The molecule has 0 aliphatic carbocycles. The summed E-state index contributed by atoms with van der Waals surface area (Å²) in [5.74, 6) is 0.350. The van der Waals surface area contributed by atoms with E-state index in [2.05, 4.69) is 0 Å². The Kier molecular flexibility index (Phi) is 1.77. The van der Waals surface area contributed by atoms with Crippen molar-refractivity contribution in [2.75, 3.05) is 6.61 Å². The molecule has 1 aliphatic rings. The maximum Gasteiger partial charge on any atom is 0.115 e. The molecule has 2 heteroatoms. The van der Waals surface area contributed by atoms with Gasteiger partial charge in [0, 0.05) is 0 Å². The Hall–Kier alpha value is -1.02. The minimum atomic E-state index is 0.175. The molecule has 0 saturated carbocycles. The highest BCUT2D eigenvalue weighted by molar-refractivity contribution is 5.37. The molecule has 64 valence electrons. The molecule has 0 amide bonds. The molecule has 0 saturated heterocycles. The van der Waals surface area contributed by atoms with Crippen molar-refractivity contribution in [3.8, 4) is 5.75 Å². The fraction of sp³-hybridized carbons (Fsp3) is 0.400. The van der Waals surface area contributed by atoms with Gasteiger partial charge in [0.25, 0.3) is 0 Å². The van der Waals surface area contributed by atoms with E-state index in [1.807, 2.05) is 19.1 Å². The van der Waals surface area contributed by atoms with Gasteiger partial charge in [0.05, 0.1) is 12.7 Å². The predicted molar refractivity (Wildman–Crippen MR) is 46.2 cm³/mol. The van der Waals surface area contributed by atoms with Crippen LogP contribution in [0.3, 0.4) is 0 Å². The van der Waals surface area contributed by atoms with Crippen molar-refractivity contribution in [1.82, 2.24) is 0 Å². The van der Waals surface area contributed by atoms with Gasteiger partial charge in [-0.15, -0.1) is 0 Å². The van der Waals surface area contributed by atoms with Crippen LogP contribution in [0.25, 0.3) is 0 Å². The third-order valence-electron chi connectivity index (χ3n) is 2.30. The summed E-state index contributed by atoms with van der Waals surface area (Å²) in [6, 6.07) is 5.48. The van der Waals surface area contributed by atoms with Gasteiger partial charge < -0.3 is 9.84 Å². The van der Waals surface area contributed by atoms with Gasteiger partial charge in [-0.3, -0.25) is 0 Å². The van der Waals surface area contributed by atoms with Crippen LogP contribution >= 0.6 is 0 Å². The van der Waals surface area contributed by atoms with Gasteiger partial charge in [0.2, 0.25) is 0 Å². The highest BCUT2D eigenvalue weighted by atomic mass is 16.5. The zero-order valence-electron chi connectivity index (χ0n) is 7.08. The summed E-state index contributed by atoms with van der Waals surface area (Å²) < 4.78 is 5.46. The molecular weight excluding hydrogens is 152 g/mol. The minimum absolute atomic E-state index is 0.175. The molecule has 1 atom stereocenters. The molecule has 1 N–H and O–H groups in total. The second-order valence-electron chi connectivity index (χ2n) is 3.15. The van der Waals surface area contributed by atoms with Gasteiger partial charge in [0.1, 0.15) is 5.75 Å².